The molecule has 0 amide bonds. The Morgan fingerprint density at radius 3 is 2.27 bits per heavy atom. The molecule has 3 N–H and O–H groups in total. The lowest BCUT2D eigenvalue weighted by Gasteiger charge is -2.23. The molecule has 162 valence electrons. The van der Waals surface area contributed by atoms with Crippen molar-refractivity contribution in [3.8, 4) is 11.5 Å². The molecule has 3 rings (SSSR count). The molecule has 1 heterocycles. The van der Waals surface area contributed by atoms with Gasteiger partial charge >= 0.3 is 5.97 Å². The van der Waals surface area contributed by atoms with Gasteiger partial charge in [0, 0.05) is 19.6 Å². The van der Waals surface area contributed by atoms with Crippen LogP contribution in [0.15, 0.2) is 48.5 Å². The first kappa shape index (κ1) is 22.1. The van der Waals surface area contributed by atoms with Crippen molar-refractivity contribution in [2.75, 3.05) is 26.4 Å². The van der Waals surface area contributed by atoms with Gasteiger partial charge in [0.1, 0.15) is 30.8 Å². The zero-order valence-electron chi connectivity index (χ0n) is 16.8. The summed E-state index contributed by atoms with van der Waals surface area (Å²) in [5.41, 5.74) is 0.600. The summed E-state index contributed by atoms with van der Waals surface area (Å²) >= 11 is 0. The largest absolute Gasteiger partial charge is 0.491 e. The van der Waals surface area contributed by atoms with Crippen LogP contribution in [0, 0.1) is 0 Å². The van der Waals surface area contributed by atoms with Crippen LogP contribution in [0.2, 0.25) is 0 Å². The Balaban J connectivity index is 1.50. The molecule has 7 nitrogen and oxygen atoms in total. The summed E-state index contributed by atoms with van der Waals surface area (Å²) in [6, 6.07) is 14.5. The fourth-order valence-corrected chi connectivity index (χ4v) is 3.51. The van der Waals surface area contributed by atoms with Crippen molar-refractivity contribution in [2.24, 2.45) is 0 Å². The van der Waals surface area contributed by atoms with E-state index >= 15 is 0 Å². The Bertz CT molecular complexity index is 830. The van der Waals surface area contributed by atoms with E-state index in [-0.39, 0.29) is 26.2 Å². The molecule has 0 radical (unpaired) electrons. The smallest absolute Gasteiger partial charge is 0.336 e. The maximum absolute atomic E-state index is 11.7. The van der Waals surface area contributed by atoms with E-state index in [1.807, 2.05) is 24.3 Å². The van der Waals surface area contributed by atoms with E-state index in [9.17, 15) is 15.0 Å². The normalized spacial score (nSPS) is 19.4. The molecule has 1 saturated heterocycles. The maximum atomic E-state index is 11.7. The number of carbonyl (C=O) groups is 1. The average Bonchev–Trinajstić information content (AvgIpc) is 3.21. The van der Waals surface area contributed by atoms with Crippen molar-refractivity contribution in [1.29, 1.82) is 0 Å². The Morgan fingerprint density at radius 2 is 1.70 bits per heavy atom. The summed E-state index contributed by atoms with van der Waals surface area (Å²) < 4.78 is 16.8. The van der Waals surface area contributed by atoms with Gasteiger partial charge in [-0.1, -0.05) is 24.3 Å². The van der Waals surface area contributed by atoms with Crippen molar-refractivity contribution in [2.45, 2.75) is 37.4 Å². The second-order valence-electron chi connectivity index (χ2n) is 7.47. The fraction of sp³-hybridized carbons (Fsp3) is 0.435. The van der Waals surface area contributed by atoms with Crippen molar-refractivity contribution in [1.82, 2.24) is 0 Å². The quantitative estimate of drug-likeness (QED) is 0.516. The van der Waals surface area contributed by atoms with Crippen LogP contribution in [-0.2, 0) is 22.4 Å². The molecule has 0 spiro atoms. The number of aliphatic hydroxyl groups is 2. The molecule has 1 unspecified atom stereocenters. The number of carboxylic acids is 1. The second kappa shape index (κ2) is 10.4. The molecule has 0 saturated carbocycles. The van der Waals surface area contributed by atoms with Crippen molar-refractivity contribution in [3.05, 3.63) is 59.7 Å². The van der Waals surface area contributed by atoms with Crippen LogP contribution in [0.1, 0.15) is 24.0 Å². The van der Waals surface area contributed by atoms with Gasteiger partial charge in [-0.25, -0.2) is 4.79 Å². The fourth-order valence-electron chi connectivity index (χ4n) is 3.51. The average molecular weight is 416 g/mol. The highest BCUT2D eigenvalue weighted by Gasteiger charge is 2.42. The van der Waals surface area contributed by atoms with Gasteiger partial charge in [0.25, 0.3) is 0 Å². The molecule has 2 atom stereocenters. The van der Waals surface area contributed by atoms with Crippen LogP contribution in [-0.4, -0.2) is 59.4 Å². The second-order valence-corrected chi connectivity index (χ2v) is 7.47. The van der Waals surface area contributed by atoms with Gasteiger partial charge in [-0.2, -0.15) is 0 Å². The van der Waals surface area contributed by atoms with Crippen LogP contribution in [0.25, 0.3) is 0 Å². The van der Waals surface area contributed by atoms with Crippen molar-refractivity contribution >= 4 is 5.97 Å². The highest BCUT2D eigenvalue weighted by Crippen LogP contribution is 2.31. The number of rotatable bonds is 11. The van der Waals surface area contributed by atoms with Gasteiger partial charge in [-0.3, -0.25) is 0 Å². The first-order chi connectivity index (χ1) is 14.5. The summed E-state index contributed by atoms with van der Waals surface area (Å²) in [6.45, 7) is 0.634. The molecular formula is C23H28O7. The predicted molar refractivity (Wildman–Crippen MR) is 110 cm³/mol. The minimum atomic E-state index is -1.17. The van der Waals surface area contributed by atoms with Gasteiger partial charge in [0.15, 0.2) is 5.60 Å². The summed E-state index contributed by atoms with van der Waals surface area (Å²) in [7, 11) is 0. The summed E-state index contributed by atoms with van der Waals surface area (Å²) in [5, 5.41) is 28.7. The van der Waals surface area contributed by atoms with Gasteiger partial charge in [0.05, 0.1) is 0 Å². The maximum Gasteiger partial charge on any atom is 0.336 e. The van der Waals surface area contributed by atoms with Crippen molar-refractivity contribution in [3.63, 3.8) is 0 Å². The number of benzene rings is 2. The van der Waals surface area contributed by atoms with Gasteiger partial charge in [0.2, 0.25) is 0 Å². The zero-order valence-corrected chi connectivity index (χ0v) is 16.8. The topological polar surface area (TPSA) is 105 Å². The molecule has 2 aromatic carbocycles. The minimum Gasteiger partial charge on any atom is -0.491 e. The lowest BCUT2D eigenvalue weighted by molar-refractivity contribution is -0.159. The number of carboxylic acid groups (broad SMARTS) is 1. The summed E-state index contributed by atoms with van der Waals surface area (Å²) in [4.78, 5) is 11.7. The van der Waals surface area contributed by atoms with E-state index in [0.717, 1.165) is 17.5 Å². The first-order valence-corrected chi connectivity index (χ1v) is 10.1. The van der Waals surface area contributed by atoms with Crippen LogP contribution in [0.5, 0.6) is 11.5 Å². The van der Waals surface area contributed by atoms with Gasteiger partial charge < -0.3 is 29.5 Å². The SMILES string of the molecule is O=C(O)C1(Cc2cccc(OC[C@@H](O)COc3cccc(CCO)c3)c2)CCCO1. The molecular weight excluding hydrogens is 388 g/mol. The molecule has 0 aliphatic carbocycles. The van der Waals surface area contributed by atoms with E-state index in [4.69, 9.17) is 19.3 Å². The lowest BCUT2D eigenvalue weighted by Crippen LogP contribution is -2.40. The number of hydrogen-bond donors (Lipinski definition) is 3. The number of ether oxygens (including phenoxy) is 3. The van der Waals surface area contributed by atoms with Crippen LogP contribution >= 0.6 is 0 Å². The standard InChI is InChI=1S/C23H28O7/c24-10-8-17-4-1-6-20(12-17)28-15-19(25)16-29-21-7-2-5-18(13-21)14-23(22(26)27)9-3-11-30-23/h1-2,4-7,12-13,19,24-25H,3,8-11,14-16H2,(H,26,27)/t19-,23?/m0/s1. The third-order valence-corrected chi connectivity index (χ3v) is 5.06. The van der Waals surface area contributed by atoms with Crippen molar-refractivity contribution < 1.29 is 34.3 Å². The molecule has 30 heavy (non-hydrogen) atoms. The Morgan fingerprint density at radius 1 is 1.07 bits per heavy atom. The molecule has 1 fully saturated rings. The number of aliphatic carboxylic acids is 1. The summed E-state index contributed by atoms with van der Waals surface area (Å²) in [5.74, 6) is 0.231. The van der Waals surface area contributed by atoms with Crippen LogP contribution in [0.4, 0.5) is 0 Å². The molecule has 1 aliphatic rings. The monoisotopic (exact) mass is 416 g/mol. The number of aliphatic hydroxyl groups excluding tert-OH is 2. The van der Waals surface area contributed by atoms with Crippen LogP contribution in [0.3, 0.4) is 0 Å². The molecule has 7 heteroatoms. The lowest BCUT2D eigenvalue weighted by atomic mass is 9.91. The van der Waals surface area contributed by atoms with E-state index in [2.05, 4.69) is 0 Å². The molecule has 0 bridgehead atoms. The Hall–Kier alpha value is -2.61. The van der Waals surface area contributed by atoms with E-state index in [1.165, 1.54) is 0 Å². The third kappa shape index (κ3) is 5.95. The highest BCUT2D eigenvalue weighted by molar-refractivity contribution is 5.78. The minimum absolute atomic E-state index is 0.0420. The highest BCUT2D eigenvalue weighted by atomic mass is 16.5. The Kier molecular flexibility index (Phi) is 7.68. The zero-order chi connectivity index (χ0) is 21.4. The molecule has 1 aliphatic heterocycles. The van der Waals surface area contributed by atoms with E-state index in [0.29, 0.717) is 30.9 Å². The predicted octanol–water partition coefficient (Wildman–Crippen LogP) is 2.22. The van der Waals surface area contributed by atoms with E-state index in [1.54, 1.807) is 24.3 Å². The van der Waals surface area contributed by atoms with Gasteiger partial charge in [-0.15, -0.1) is 0 Å². The Labute approximate surface area is 175 Å². The number of hydrogen-bond acceptors (Lipinski definition) is 6. The molecule has 0 aromatic heterocycles. The summed E-state index contributed by atoms with van der Waals surface area (Å²) in [6.07, 6.45) is 1.21. The van der Waals surface area contributed by atoms with E-state index < -0.39 is 17.7 Å². The van der Waals surface area contributed by atoms with Gasteiger partial charge in [-0.05, 0) is 54.7 Å². The molecule has 2 aromatic rings. The first-order valence-electron chi connectivity index (χ1n) is 10.1. The third-order valence-electron chi connectivity index (χ3n) is 5.06. The van der Waals surface area contributed by atoms with Crippen LogP contribution < -0.4 is 9.47 Å².